The molecule has 3 atom stereocenters. The number of quaternary nitrogens is 1. The molecule has 0 aromatic heterocycles. The molecule has 3 unspecified atom stereocenters. The Balaban J connectivity index is 5.39. The van der Waals surface area contributed by atoms with Gasteiger partial charge in [-0.2, -0.15) is 0 Å². The SMILES string of the molecule is CCCCCCCCCCCC[N+](CC(CC)C(=O)O)(CC(CC)C(=O)O)CC(CC)C(=O)O. The Hall–Kier alpha value is -1.63. The van der Waals surface area contributed by atoms with Crippen LogP contribution in [-0.2, 0) is 14.4 Å². The number of aliphatic carboxylic acids is 3. The first-order chi connectivity index (χ1) is 16.2. The molecule has 0 amide bonds. The summed E-state index contributed by atoms with van der Waals surface area (Å²) in [6.07, 6.45) is 13.1. The van der Waals surface area contributed by atoms with Gasteiger partial charge in [-0.25, -0.2) is 0 Å². The zero-order valence-electron chi connectivity index (χ0n) is 22.3. The molecule has 34 heavy (non-hydrogen) atoms. The van der Waals surface area contributed by atoms with E-state index in [1.807, 2.05) is 20.8 Å². The zero-order chi connectivity index (χ0) is 26.0. The molecule has 0 bridgehead atoms. The van der Waals surface area contributed by atoms with Crippen molar-refractivity contribution in [2.45, 2.75) is 111 Å². The molecular formula is C27H52NO6+. The molecule has 0 saturated heterocycles. The molecule has 3 N–H and O–H groups in total. The first-order valence-electron chi connectivity index (χ1n) is 13.7. The number of nitrogens with zero attached hydrogens (tertiary/aromatic N) is 1. The number of carbonyl (C=O) groups is 3. The molecule has 0 rings (SSSR count). The second kappa shape index (κ2) is 18.7. The average molecular weight is 487 g/mol. The van der Waals surface area contributed by atoms with Gasteiger partial charge in [-0.1, -0.05) is 79.1 Å². The molecule has 0 aliphatic heterocycles. The standard InChI is InChI=1S/C27H51NO6/c1-5-9-10-11-12-13-14-15-16-17-18-28(19-22(6-2)25(29)30,20-23(7-3)26(31)32)21-24(8-4)27(33)34/h22-24H,5-21H2,1-4H3,(H2-,29,30,31,32,33,34)/p+1. The fourth-order valence-corrected chi connectivity index (χ4v) is 4.98. The van der Waals surface area contributed by atoms with Crippen LogP contribution < -0.4 is 0 Å². The number of rotatable bonds is 23. The Morgan fingerprint density at radius 3 is 1.09 bits per heavy atom. The highest BCUT2D eigenvalue weighted by Crippen LogP contribution is 2.25. The topological polar surface area (TPSA) is 112 Å². The molecule has 7 nitrogen and oxygen atoms in total. The summed E-state index contributed by atoms with van der Waals surface area (Å²) in [7, 11) is 0. The van der Waals surface area contributed by atoms with Crippen LogP contribution in [0.1, 0.15) is 111 Å². The molecule has 0 saturated carbocycles. The minimum atomic E-state index is -0.889. The van der Waals surface area contributed by atoms with Crippen LogP contribution in [0, 0.1) is 17.8 Å². The maximum atomic E-state index is 11.9. The number of hydrogen-bond donors (Lipinski definition) is 3. The highest BCUT2D eigenvalue weighted by molar-refractivity contribution is 5.71. The van der Waals surface area contributed by atoms with Gasteiger partial charge in [-0.3, -0.25) is 14.4 Å². The van der Waals surface area contributed by atoms with Gasteiger partial charge in [0.25, 0.3) is 0 Å². The Kier molecular flexibility index (Phi) is 17.8. The van der Waals surface area contributed by atoms with Crippen molar-refractivity contribution in [2.75, 3.05) is 26.2 Å². The molecule has 200 valence electrons. The predicted molar refractivity (Wildman–Crippen MR) is 136 cm³/mol. The van der Waals surface area contributed by atoms with Crippen molar-refractivity contribution in [2.24, 2.45) is 17.8 Å². The lowest BCUT2D eigenvalue weighted by Gasteiger charge is -2.43. The van der Waals surface area contributed by atoms with Gasteiger partial charge >= 0.3 is 17.9 Å². The maximum Gasteiger partial charge on any atom is 0.312 e. The summed E-state index contributed by atoms with van der Waals surface area (Å²) in [4.78, 5) is 35.7. The van der Waals surface area contributed by atoms with Crippen molar-refractivity contribution in [3.63, 3.8) is 0 Å². The van der Waals surface area contributed by atoms with E-state index in [1.54, 1.807) is 0 Å². The van der Waals surface area contributed by atoms with Crippen LogP contribution in [0.5, 0.6) is 0 Å². The Morgan fingerprint density at radius 2 is 0.824 bits per heavy atom. The molecule has 0 fully saturated rings. The van der Waals surface area contributed by atoms with Crippen LogP contribution in [0.2, 0.25) is 0 Å². The lowest BCUT2D eigenvalue weighted by atomic mass is 9.95. The van der Waals surface area contributed by atoms with Crippen LogP contribution in [0.25, 0.3) is 0 Å². The summed E-state index contributed by atoms with van der Waals surface area (Å²) in [5, 5.41) is 29.2. The minimum absolute atomic E-state index is 0.261. The fraction of sp³-hybridized carbons (Fsp3) is 0.889. The zero-order valence-corrected chi connectivity index (χ0v) is 22.3. The summed E-state index contributed by atoms with van der Waals surface area (Å²) in [5.74, 6) is -4.50. The van der Waals surface area contributed by atoms with E-state index in [9.17, 15) is 29.7 Å². The van der Waals surface area contributed by atoms with Crippen LogP contribution in [0.3, 0.4) is 0 Å². The Labute approximate surface area is 207 Å². The summed E-state index contributed by atoms with van der Waals surface area (Å²) < 4.78 is 0.261. The number of unbranched alkanes of at least 4 members (excludes halogenated alkanes) is 9. The quantitative estimate of drug-likeness (QED) is 0.120. The highest BCUT2D eigenvalue weighted by Gasteiger charge is 2.40. The van der Waals surface area contributed by atoms with E-state index in [4.69, 9.17) is 0 Å². The van der Waals surface area contributed by atoms with Crippen LogP contribution >= 0.6 is 0 Å². The van der Waals surface area contributed by atoms with E-state index in [0.717, 1.165) is 19.3 Å². The van der Waals surface area contributed by atoms with E-state index in [0.29, 0.717) is 25.8 Å². The highest BCUT2D eigenvalue weighted by atomic mass is 16.4. The van der Waals surface area contributed by atoms with Gasteiger partial charge in [-0.15, -0.1) is 0 Å². The van der Waals surface area contributed by atoms with Crippen molar-refractivity contribution < 1.29 is 34.2 Å². The monoisotopic (exact) mass is 486 g/mol. The van der Waals surface area contributed by atoms with Crippen molar-refractivity contribution in [1.29, 1.82) is 0 Å². The van der Waals surface area contributed by atoms with Gasteiger partial charge in [0.1, 0.15) is 17.8 Å². The largest absolute Gasteiger partial charge is 0.481 e. The van der Waals surface area contributed by atoms with Crippen molar-refractivity contribution in [3.8, 4) is 0 Å². The van der Waals surface area contributed by atoms with Gasteiger partial charge < -0.3 is 19.8 Å². The smallest absolute Gasteiger partial charge is 0.312 e. The van der Waals surface area contributed by atoms with Gasteiger partial charge in [0, 0.05) is 0 Å². The fourth-order valence-electron chi connectivity index (χ4n) is 4.98. The first-order valence-corrected chi connectivity index (χ1v) is 13.7. The molecule has 0 aromatic rings. The van der Waals surface area contributed by atoms with Crippen LogP contribution in [-0.4, -0.2) is 63.9 Å². The third kappa shape index (κ3) is 13.3. The predicted octanol–water partition coefficient (Wildman–Crippen LogP) is 6.06. The molecule has 0 spiro atoms. The maximum absolute atomic E-state index is 11.9. The molecule has 0 aliphatic rings. The second-order valence-electron chi connectivity index (χ2n) is 10.1. The first kappa shape index (κ1) is 32.4. The number of carboxylic acid groups (broad SMARTS) is 3. The lowest BCUT2D eigenvalue weighted by molar-refractivity contribution is -0.935. The van der Waals surface area contributed by atoms with Crippen molar-refractivity contribution in [3.05, 3.63) is 0 Å². The van der Waals surface area contributed by atoms with Crippen LogP contribution in [0.15, 0.2) is 0 Å². The molecule has 0 radical (unpaired) electrons. The third-order valence-electron chi connectivity index (χ3n) is 7.34. The molecular weight excluding hydrogens is 434 g/mol. The third-order valence-corrected chi connectivity index (χ3v) is 7.34. The summed E-state index contributed by atoms with van der Waals surface area (Å²) >= 11 is 0. The van der Waals surface area contributed by atoms with Gasteiger partial charge in [0.2, 0.25) is 0 Å². The Morgan fingerprint density at radius 1 is 0.529 bits per heavy atom. The van der Waals surface area contributed by atoms with Crippen molar-refractivity contribution in [1.82, 2.24) is 0 Å². The van der Waals surface area contributed by atoms with Crippen LogP contribution in [0.4, 0.5) is 0 Å². The molecule has 0 heterocycles. The van der Waals surface area contributed by atoms with Gasteiger partial charge in [-0.05, 0) is 32.1 Å². The van der Waals surface area contributed by atoms with E-state index >= 15 is 0 Å². The van der Waals surface area contributed by atoms with E-state index in [2.05, 4.69) is 6.92 Å². The van der Waals surface area contributed by atoms with E-state index in [1.165, 1.54) is 44.9 Å². The molecule has 7 heteroatoms. The van der Waals surface area contributed by atoms with E-state index in [-0.39, 0.29) is 24.1 Å². The normalized spacial score (nSPS) is 15.9. The Bertz CT molecular complexity index is 520. The summed E-state index contributed by atoms with van der Waals surface area (Å²) in [5.41, 5.74) is 0. The van der Waals surface area contributed by atoms with Gasteiger partial charge in [0.05, 0.1) is 26.2 Å². The lowest BCUT2D eigenvalue weighted by Crippen LogP contribution is -2.58. The molecule has 0 aromatic carbocycles. The minimum Gasteiger partial charge on any atom is -0.481 e. The van der Waals surface area contributed by atoms with E-state index < -0.39 is 35.7 Å². The number of hydrogen-bond acceptors (Lipinski definition) is 3. The van der Waals surface area contributed by atoms with Crippen molar-refractivity contribution >= 4 is 17.9 Å². The van der Waals surface area contributed by atoms with Gasteiger partial charge in [0.15, 0.2) is 0 Å². The molecule has 0 aliphatic carbocycles. The summed E-state index contributed by atoms with van der Waals surface area (Å²) in [6, 6.07) is 0. The average Bonchev–Trinajstić information content (AvgIpc) is 2.79. The second-order valence-corrected chi connectivity index (χ2v) is 10.1. The summed E-state index contributed by atoms with van der Waals surface area (Å²) in [6.45, 7) is 9.21. The number of carboxylic acids is 3.